The largest absolute Gasteiger partial charge is 0.322 e. The number of benzene rings is 2. The van der Waals surface area contributed by atoms with Gasteiger partial charge in [0.1, 0.15) is 6.54 Å². The summed E-state index contributed by atoms with van der Waals surface area (Å²) in [5, 5.41) is 3.50. The number of rotatable bonds is 5. The minimum absolute atomic E-state index is 0.232. The molecule has 2 aromatic rings. The van der Waals surface area contributed by atoms with Crippen molar-refractivity contribution in [3.63, 3.8) is 0 Å². The van der Waals surface area contributed by atoms with Gasteiger partial charge >= 0.3 is 0 Å². The summed E-state index contributed by atoms with van der Waals surface area (Å²) in [5.74, 6) is -0.578. The fourth-order valence-corrected chi connectivity index (χ4v) is 3.41. The highest BCUT2D eigenvalue weighted by Gasteiger charge is 2.21. The Balaban J connectivity index is 2.24. The summed E-state index contributed by atoms with van der Waals surface area (Å²) in [6.07, 6.45) is 1.01. The molecule has 0 saturated heterocycles. The van der Waals surface area contributed by atoms with Crippen LogP contribution in [0.5, 0.6) is 0 Å². The van der Waals surface area contributed by atoms with E-state index < -0.39 is 22.5 Å². The molecule has 0 heterocycles. The smallest absolute Gasteiger partial charge is 0.245 e. The fourth-order valence-electron chi connectivity index (χ4n) is 1.93. The Labute approximate surface area is 155 Å². The molecule has 1 amide bonds. The molecule has 128 valence electrons. The highest BCUT2D eigenvalue weighted by atomic mass is 35.5. The van der Waals surface area contributed by atoms with Gasteiger partial charge in [0.25, 0.3) is 0 Å². The first-order chi connectivity index (χ1) is 11.2. The SMILES string of the molecule is CS(=O)(=O)N(CC(=O)Nc1c(Cl)cccc1Cl)c1ccc(Cl)cc1. The minimum Gasteiger partial charge on any atom is -0.322 e. The maximum absolute atomic E-state index is 12.3. The molecule has 9 heteroatoms. The number of carbonyl (C=O) groups excluding carboxylic acids is 1. The van der Waals surface area contributed by atoms with Gasteiger partial charge in [0.2, 0.25) is 15.9 Å². The molecule has 5 nitrogen and oxygen atoms in total. The third-order valence-electron chi connectivity index (χ3n) is 3.03. The second kappa shape index (κ2) is 7.61. The van der Waals surface area contributed by atoms with Crippen molar-refractivity contribution < 1.29 is 13.2 Å². The maximum atomic E-state index is 12.3. The van der Waals surface area contributed by atoms with Crippen molar-refractivity contribution in [2.75, 3.05) is 22.4 Å². The lowest BCUT2D eigenvalue weighted by Gasteiger charge is -2.22. The average molecular weight is 408 g/mol. The fraction of sp³-hybridized carbons (Fsp3) is 0.133. The molecule has 2 rings (SSSR count). The molecule has 0 bridgehead atoms. The molecule has 0 saturated carbocycles. The van der Waals surface area contributed by atoms with Crippen molar-refractivity contribution in [1.82, 2.24) is 0 Å². The van der Waals surface area contributed by atoms with Gasteiger partial charge < -0.3 is 5.32 Å². The molecule has 0 aliphatic heterocycles. The lowest BCUT2D eigenvalue weighted by atomic mass is 10.3. The van der Waals surface area contributed by atoms with Crippen LogP contribution in [-0.4, -0.2) is 27.1 Å². The molecule has 0 atom stereocenters. The van der Waals surface area contributed by atoms with E-state index in [0.29, 0.717) is 10.7 Å². The van der Waals surface area contributed by atoms with Crippen LogP contribution in [-0.2, 0) is 14.8 Å². The molecule has 0 unspecified atom stereocenters. The molecule has 0 fully saturated rings. The molecular formula is C15H13Cl3N2O3S. The standard InChI is InChI=1S/C15H13Cl3N2O3S/c1-24(22,23)20(11-7-5-10(16)6-8-11)9-14(21)19-15-12(17)3-2-4-13(15)18/h2-8H,9H2,1H3,(H,19,21). The number of para-hydroxylation sites is 1. The van der Waals surface area contributed by atoms with E-state index in [1.807, 2.05) is 0 Å². The van der Waals surface area contributed by atoms with Crippen LogP contribution in [0.1, 0.15) is 0 Å². The molecule has 1 N–H and O–H groups in total. The van der Waals surface area contributed by atoms with Crippen molar-refractivity contribution >= 4 is 62.1 Å². The number of anilines is 2. The summed E-state index contributed by atoms with van der Waals surface area (Å²) >= 11 is 17.8. The average Bonchev–Trinajstić information content (AvgIpc) is 2.49. The number of hydrogen-bond acceptors (Lipinski definition) is 3. The van der Waals surface area contributed by atoms with Crippen LogP contribution in [0.15, 0.2) is 42.5 Å². The van der Waals surface area contributed by atoms with Crippen LogP contribution >= 0.6 is 34.8 Å². The number of nitrogens with one attached hydrogen (secondary N) is 1. The summed E-state index contributed by atoms with van der Waals surface area (Å²) in [7, 11) is -3.67. The van der Waals surface area contributed by atoms with Crippen LogP contribution in [0.4, 0.5) is 11.4 Å². The lowest BCUT2D eigenvalue weighted by molar-refractivity contribution is -0.114. The predicted octanol–water partition coefficient (Wildman–Crippen LogP) is 4.05. The Morgan fingerprint density at radius 3 is 2.08 bits per heavy atom. The second-order valence-electron chi connectivity index (χ2n) is 4.89. The van der Waals surface area contributed by atoms with Crippen LogP contribution < -0.4 is 9.62 Å². The normalized spacial score (nSPS) is 11.2. The second-order valence-corrected chi connectivity index (χ2v) is 8.05. The van der Waals surface area contributed by atoms with E-state index in [1.165, 1.54) is 24.3 Å². The molecule has 2 aromatic carbocycles. The topological polar surface area (TPSA) is 66.5 Å². The van der Waals surface area contributed by atoms with Gasteiger partial charge in [-0.05, 0) is 36.4 Å². The molecule has 0 aliphatic carbocycles. The molecule has 0 aromatic heterocycles. The Morgan fingerprint density at radius 1 is 1.04 bits per heavy atom. The number of hydrogen-bond donors (Lipinski definition) is 1. The van der Waals surface area contributed by atoms with Crippen molar-refractivity contribution in [3.05, 3.63) is 57.5 Å². The lowest BCUT2D eigenvalue weighted by Crippen LogP contribution is -2.37. The Morgan fingerprint density at radius 2 is 1.58 bits per heavy atom. The van der Waals surface area contributed by atoms with Crippen molar-refractivity contribution in [1.29, 1.82) is 0 Å². The van der Waals surface area contributed by atoms with Gasteiger partial charge in [0.05, 0.1) is 27.7 Å². The highest BCUT2D eigenvalue weighted by molar-refractivity contribution is 7.92. The quantitative estimate of drug-likeness (QED) is 0.813. The van der Waals surface area contributed by atoms with Crippen molar-refractivity contribution in [2.45, 2.75) is 0 Å². The summed E-state index contributed by atoms with van der Waals surface area (Å²) in [6, 6.07) is 10.9. The van der Waals surface area contributed by atoms with Gasteiger partial charge in [-0.2, -0.15) is 0 Å². The summed E-state index contributed by atoms with van der Waals surface area (Å²) in [4.78, 5) is 12.3. The summed E-state index contributed by atoms with van der Waals surface area (Å²) in [6.45, 7) is -0.429. The van der Waals surface area contributed by atoms with Crippen LogP contribution in [0, 0.1) is 0 Å². The van der Waals surface area contributed by atoms with Crippen LogP contribution in [0.3, 0.4) is 0 Å². The summed E-state index contributed by atoms with van der Waals surface area (Å²) < 4.78 is 25.0. The monoisotopic (exact) mass is 406 g/mol. The number of sulfonamides is 1. The molecule has 0 radical (unpaired) electrons. The minimum atomic E-state index is -3.67. The third kappa shape index (κ3) is 4.77. The number of carbonyl (C=O) groups is 1. The maximum Gasteiger partial charge on any atom is 0.245 e. The van der Waals surface area contributed by atoms with Crippen LogP contribution in [0.2, 0.25) is 15.1 Å². The third-order valence-corrected chi connectivity index (χ3v) is 5.05. The van der Waals surface area contributed by atoms with Gasteiger partial charge in [-0.15, -0.1) is 0 Å². The Bertz CT molecular complexity index is 835. The van der Waals surface area contributed by atoms with E-state index >= 15 is 0 Å². The van der Waals surface area contributed by atoms with E-state index in [4.69, 9.17) is 34.8 Å². The van der Waals surface area contributed by atoms with Crippen LogP contribution in [0.25, 0.3) is 0 Å². The first-order valence-electron chi connectivity index (χ1n) is 6.65. The van der Waals surface area contributed by atoms with Gasteiger partial charge in [-0.3, -0.25) is 9.10 Å². The Hall–Kier alpha value is -1.47. The molecule has 0 aliphatic rings. The van der Waals surface area contributed by atoms with Gasteiger partial charge in [0, 0.05) is 5.02 Å². The zero-order valence-electron chi connectivity index (χ0n) is 12.5. The van der Waals surface area contributed by atoms with E-state index in [0.717, 1.165) is 10.6 Å². The molecular weight excluding hydrogens is 395 g/mol. The molecule has 24 heavy (non-hydrogen) atoms. The first kappa shape index (κ1) is 18.9. The first-order valence-corrected chi connectivity index (χ1v) is 9.64. The van der Waals surface area contributed by atoms with Gasteiger partial charge in [0.15, 0.2) is 0 Å². The van der Waals surface area contributed by atoms with Crippen molar-refractivity contribution in [2.24, 2.45) is 0 Å². The van der Waals surface area contributed by atoms with Crippen molar-refractivity contribution in [3.8, 4) is 0 Å². The Kier molecular flexibility index (Phi) is 5.98. The number of nitrogens with zero attached hydrogens (tertiary/aromatic N) is 1. The van der Waals surface area contributed by atoms with E-state index in [2.05, 4.69) is 5.32 Å². The van der Waals surface area contributed by atoms with Gasteiger partial charge in [-0.1, -0.05) is 40.9 Å². The van der Waals surface area contributed by atoms with E-state index in [1.54, 1.807) is 18.2 Å². The zero-order chi connectivity index (χ0) is 17.9. The number of halogens is 3. The number of amides is 1. The highest BCUT2D eigenvalue weighted by Crippen LogP contribution is 2.30. The summed E-state index contributed by atoms with van der Waals surface area (Å²) in [5.41, 5.74) is 0.553. The zero-order valence-corrected chi connectivity index (χ0v) is 15.5. The van der Waals surface area contributed by atoms with Gasteiger partial charge in [-0.25, -0.2) is 8.42 Å². The van der Waals surface area contributed by atoms with E-state index in [-0.39, 0.29) is 15.7 Å². The molecule has 0 spiro atoms. The van der Waals surface area contributed by atoms with E-state index in [9.17, 15) is 13.2 Å². The predicted molar refractivity (Wildman–Crippen MR) is 98.7 cm³/mol.